The van der Waals surface area contributed by atoms with E-state index in [1.165, 1.54) is 23.5 Å². The monoisotopic (exact) mass is 563 g/mol. The lowest BCUT2D eigenvalue weighted by molar-refractivity contribution is -0.384. The van der Waals surface area contributed by atoms with Crippen molar-refractivity contribution >= 4 is 51.3 Å². The number of nitrogens with one attached hydrogen (secondary N) is 1. The highest BCUT2D eigenvalue weighted by Gasteiger charge is 2.34. The van der Waals surface area contributed by atoms with Gasteiger partial charge < -0.3 is 5.32 Å². The molecule has 0 fully saturated rings. The van der Waals surface area contributed by atoms with Crippen LogP contribution in [-0.2, 0) is 21.2 Å². The number of nitro groups is 1. The maximum Gasteiger partial charge on any atom is 0.269 e. The molecule has 0 radical (unpaired) electrons. The Labute approximate surface area is 203 Å². The summed E-state index contributed by atoms with van der Waals surface area (Å²) in [4.78, 5) is 40.3. The van der Waals surface area contributed by atoms with Gasteiger partial charge >= 0.3 is 0 Å². The molecular formula is C23H22IN3O4S. The van der Waals surface area contributed by atoms with Crippen molar-refractivity contribution < 1.29 is 14.5 Å². The van der Waals surface area contributed by atoms with Crippen LogP contribution in [0, 0.1) is 10.1 Å². The van der Waals surface area contributed by atoms with Gasteiger partial charge in [-0.3, -0.25) is 19.7 Å². The molecule has 1 amide bonds. The summed E-state index contributed by atoms with van der Waals surface area (Å²) >= 11 is 3.64. The van der Waals surface area contributed by atoms with E-state index in [2.05, 4.69) is 32.9 Å². The largest absolute Gasteiger partial charge is 0.335 e. The normalized spacial score (nSPS) is 12.7. The first-order valence-electron chi connectivity index (χ1n) is 10.1. The summed E-state index contributed by atoms with van der Waals surface area (Å²) in [6.45, 7) is 2.01. The lowest BCUT2D eigenvalue weighted by atomic mass is 10.0. The molecular weight excluding hydrogens is 541 g/mol. The molecule has 1 aromatic heterocycles. The first-order valence-corrected chi connectivity index (χ1v) is 12.0. The van der Waals surface area contributed by atoms with Gasteiger partial charge in [-0.25, -0.2) is 4.98 Å². The number of carbonyl (C=O) groups is 2. The van der Waals surface area contributed by atoms with Crippen molar-refractivity contribution in [3.63, 3.8) is 0 Å². The number of carbonyl (C=O) groups excluding carboxylic acids is 2. The fraction of sp³-hybridized carbons (Fsp3) is 0.261. The van der Waals surface area contributed by atoms with Crippen LogP contribution in [0.3, 0.4) is 0 Å². The molecule has 0 aliphatic carbocycles. The third-order valence-corrected chi connectivity index (χ3v) is 7.44. The lowest BCUT2D eigenvalue weighted by Crippen LogP contribution is -2.42. The lowest BCUT2D eigenvalue weighted by Gasteiger charge is -2.27. The van der Waals surface area contributed by atoms with Crippen molar-refractivity contribution in [2.45, 2.75) is 36.2 Å². The minimum absolute atomic E-state index is 0.0128. The smallest absolute Gasteiger partial charge is 0.269 e. The molecule has 166 valence electrons. The zero-order chi connectivity index (χ0) is 23.1. The fourth-order valence-electron chi connectivity index (χ4n) is 3.12. The number of nitrogens with zero attached hydrogens (tertiary/aromatic N) is 2. The highest BCUT2D eigenvalue weighted by Crippen LogP contribution is 2.36. The SMILES string of the molecule is CCc1csc(C(I)(Cc2ccc([N+](=O)[O-])cc2)NC(=O)CCC(=O)c2ccccc2)n1. The molecule has 0 bridgehead atoms. The number of non-ortho nitro benzene ring substituents is 1. The van der Waals surface area contributed by atoms with Crippen LogP contribution in [0.1, 0.15) is 46.4 Å². The van der Waals surface area contributed by atoms with Crippen LogP contribution in [0.15, 0.2) is 60.0 Å². The predicted molar refractivity (Wildman–Crippen MR) is 132 cm³/mol. The topological polar surface area (TPSA) is 102 Å². The number of amides is 1. The molecule has 1 heterocycles. The van der Waals surface area contributed by atoms with E-state index < -0.39 is 8.47 Å². The fourth-order valence-corrected chi connectivity index (χ4v) is 5.31. The molecule has 0 saturated carbocycles. The number of rotatable bonds is 10. The van der Waals surface area contributed by atoms with Crippen molar-refractivity contribution in [2.75, 3.05) is 0 Å². The third kappa shape index (κ3) is 6.19. The Kier molecular flexibility index (Phi) is 8.08. The van der Waals surface area contributed by atoms with Gasteiger partial charge in [0, 0.05) is 42.3 Å². The number of nitro benzene ring substituents is 1. The van der Waals surface area contributed by atoms with Crippen LogP contribution in [0.4, 0.5) is 5.69 Å². The standard InChI is InChI=1S/C23H22IN3O4S/c1-2-18-15-32-22(25-18)23(24,14-16-8-10-19(11-9-16)27(30)31)26-21(29)13-12-20(28)17-6-4-3-5-7-17/h3-11,15H,2,12-14H2,1H3,(H,26,29). The summed E-state index contributed by atoms with van der Waals surface area (Å²) < 4.78 is -0.834. The third-order valence-electron chi connectivity index (χ3n) is 4.86. The molecule has 3 aromatic rings. The number of alkyl halides is 1. The highest BCUT2D eigenvalue weighted by atomic mass is 127. The second kappa shape index (κ2) is 10.8. The molecule has 0 spiro atoms. The summed E-state index contributed by atoms with van der Waals surface area (Å²) in [7, 11) is 0. The average Bonchev–Trinajstić information content (AvgIpc) is 3.29. The Balaban J connectivity index is 1.75. The highest BCUT2D eigenvalue weighted by molar-refractivity contribution is 14.1. The van der Waals surface area contributed by atoms with Crippen LogP contribution in [-0.4, -0.2) is 21.6 Å². The number of aryl methyl sites for hydroxylation is 1. The van der Waals surface area contributed by atoms with Crippen molar-refractivity contribution in [2.24, 2.45) is 0 Å². The summed E-state index contributed by atoms with van der Waals surface area (Å²) in [6, 6.07) is 15.2. The minimum atomic E-state index is -0.834. The number of Topliss-reactive ketones (excluding diaryl/α,β-unsaturated/α-hetero) is 1. The maximum atomic E-state index is 12.8. The Morgan fingerprint density at radius 1 is 1.12 bits per heavy atom. The minimum Gasteiger partial charge on any atom is -0.335 e. The van der Waals surface area contributed by atoms with Gasteiger partial charge in [0.05, 0.1) is 10.6 Å². The Hall–Kier alpha value is -2.66. The van der Waals surface area contributed by atoms with Gasteiger partial charge in [-0.1, -0.05) is 49.4 Å². The summed E-state index contributed by atoms with van der Waals surface area (Å²) in [5.74, 6) is -0.337. The van der Waals surface area contributed by atoms with Crippen LogP contribution < -0.4 is 5.32 Å². The first-order chi connectivity index (χ1) is 15.3. The van der Waals surface area contributed by atoms with E-state index in [9.17, 15) is 19.7 Å². The van der Waals surface area contributed by atoms with Gasteiger partial charge in [-0.2, -0.15) is 0 Å². The number of halogens is 1. The van der Waals surface area contributed by atoms with Crippen molar-refractivity contribution in [3.8, 4) is 0 Å². The number of benzene rings is 2. The second-order valence-corrected chi connectivity index (χ2v) is 9.94. The molecule has 0 saturated heterocycles. The van der Waals surface area contributed by atoms with Crippen LogP contribution in [0.5, 0.6) is 0 Å². The molecule has 1 unspecified atom stereocenters. The number of hydrogen-bond acceptors (Lipinski definition) is 6. The van der Waals surface area contributed by atoms with E-state index in [4.69, 9.17) is 0 Å². The molecule has 0 aliphatic rings. The molecule has 0 aliphatic heterocycles. The van der Waals surface area contributed by atoms with Crippen LogP contribution in [0.25, 0.3) is 0 Å². The molecule has 32 heavy (non-hydrogen) atoms. The van der Waals surface area contributed by atoms with Crippen LogP contribution in [0.2, 0.25) is 0 Å². The predicted octanol–water partition coefficient (Wildman–Crippen LogP) is 5.22. The van der Waals surface area contributed by atoms with E-state index in [1.54, 1.807) is 36.4 Å². The van der Waals surface area contributed by atoms with Gasteiger partial charge in [-0.15, -0.1) is 11.3 Å². The molecule has 1 N–H and O–H groups in total. The van der Waals surface area contributed by atoms with Crippen molar-refractivity contribution in [1.82, 2.24) is 10.3 Å². The van der Waals surface area contributed by atoms with Crippen molar-refractivity contribution in [1.29, 1.82) is 0 Å². The van der Waals surface area contributed by atoms with E-state index in [0.717, 1.165) is 22.7 Å². The average molecular weight is 563 g/mol. The number of ketones is 1. The summed E-state index contributed by atoms with van der Waals surface area (Å²) in [6.07, 6.45) is 1.35. The summed E-state index contributed by atoms with van der Waals surface area (Å²) in [5.41, 5.74) is 2.36. The molecule has 9 heteroatoms. The van der Waals surface area contributed by atoms with Gasteiger partial charge in [0.15, 0.2) is 5.78 Å². The quantitative estimate of drug-likeness (QED) is 0.0910. The van der Waals surface area contributed by atoms with Gasteiger partial charge in [0.1, 0.15) is 8.55 Å². The van der Waals surface area contributed by atoms with E-state index in [-0.39, 0.29) is 30.2 Å². The van der Waals surface area contributed by atoms with E-state index >= 15 is 0 Å². The molecule has 2 aromatic carbocycles. The van der Waals surface area contributed by atoms with Gasteiger partial charge in [0.25, 0.3) is 5.69 Å². The zero-order valence-corrected chi connectivity index (χ0v) is 20.4. The molecule has 3 rings (SSSR count). The molecule has 7 nitrogen and oxygen atoms in total. The first kappa shape index (κ1) is 24.0. The molecule has 1 atom stereocenters. The maximum absolute atomic E-state index is 12.8. The summed E-state index contributed by atoms with van der Waals surface area (Å²) in [5, 5.41) is 16.7. The number of hydrogen-bond donors (Lipinski definition) is 1. The second-order valence-electron chi connectivity index (χ2n) is 7.24. The van der Waals surface area contributed by atoms with Gasteiger partial charge in [0.2, 0.25) is 5.91 Å². The van der Waals surface area contributed by atoms with E-state index in [1.807, 2.05) is 18.4 Å². The number of thiazole rings is 1. The number of aromatic nitrogens is 1. The Bertz CT molecular complexity index is 1100. The van der Waals surface area contributed by atoms with Gasteiger partial charge in [-0.05, 0) is 34.6 Å². The zero-order valence-electron chi connectivity index (χ0n) is 17.4. The Morgan fingerprint density at radius 3 is 2.41 bits per heavy atom. The van der Waals surface area contributed by atoms with Crippen LogP contribution >= 0.6 is 33.9 Å². The Morgan fingerprint density at radius 2 is 1.81 bits per heavy atom. The van der Waals surface area contributed by atoms with E-state index in [0.29, 0.717) is 12.0 Å². The van der Waals surface area contributed by atoms with Crippen molar-refractivity contribution in [3.05, 3.63) is 91.9 Å².